The van der Waals surface area contributed by atoms with E-state index in [0.717, 1.165) is 0 Å². The van der Waals surface area contributed by atoms with E-state index < -0.39 is 0 Å². The third-order valence-electron chi connectivity index (χ3n) is 2.25. The average Bonchev–Trinajstić information content (AvgIpc) is 2.53. The van der Waals surface area contributed by atoms with Crippen molar-refractivity contribution in [2.24, 2.45) is 0 Å². The van der Waals surface area contributed by atoms with Crippen molar-refractivity contribution in [3.63, 3.8) is 0 Å². The molecular formula is C10H13NO. The highest BCUT2D eigenvalue weighted by molar-refractivity contribution is 5.19. The molecular weight excluding hydrogens is 150 g/mol. The lowest BCUT2D eigenvalue weighted by Gasteiger charge is -2.13. The quantitative estimate of drug-likeness (QED) is 0.680. The standard InChI is InChI=1S/C10H13NO/c1-8-10(12-7-11-8)9-5-3-2-4-6-9/h2-6,8,10-11H,7H2,1H3. The second-order valence-electron chi connectivity index (χ2n) is 3.14. The van der Waals surface area contributed by atoms with Gasteiger partial charge >= 0.3 is 0 Å². The van der Waals surface area contributed by atoms with Gasteiger partial charge in [-0.1, -0.05) is 30.3 Å². The summed E-state index contributed by atoms with van der Waals surface area (Å²) in [6.07, 6.45) is 0.228. The fraction of sp³-hybridized carbons (Fsp3) is 0.400. The Bertz CT molecular complexity index is 247. The molecule has 2 rings (SSSR count). The number of ether oxygens (including phenoxy) is 1. The first-order chi connectivity index (χ1) is 5.88. The third kappa shape index (κ3) is 1.36. The summed E-state index contributed by atoms with van der Waals surface area (Å²) in [5.41, 5.74) is 1.26. The first-order valence-corrected chi connectivity index (χ1v) is 4.28. The van der Waals surface area contributed by atoms with Crippen LogP contribution in [0.25, 0.3) is 0 Å². The van der Waals surface area contributed by atoms with Crippen molar-refractivity contribution in [1.29, 1.82) is 0 Å². The molecule has 1 aromatic rings. The number of benzene rings is 1. The summed E-state index contributed by atoms with van der Waals surface area (Å²) in [5, 5.41) is 3.25. The minimum atomic E-state index is 0.228. The van der Waals surface area contributed by atoms with Crippen LogP contribution in [0.15, 0.2) is 30.3 Å². The minimum absolute atomic E-state index is 0.228. The van der Waals surface area contributed by atoms with E-state index in [-0.39, 0.29) is 6.10 Å². The lowest BCUT2D eigenvalue weighted by Crippen LogP contribution is -2.21. The first-order valence-electron chi connectivity index (χ1n) is 4.28. The van der Waals surface area contributed by atoms with Crippen LogP contribution in [0, 0.1) is 0 Å². The zero-order valence-corrected chi connectivity index (χ0v) is 7.16. The monoisotopic (exact) mass is 163 g/mol. The highest BCUT2D eigenvalue weighted by Crippen LogP contribution is 2.24. The molecule has 0 saturated carbocycles. The Kier molecular flexibility index (Phi) is 2.11. The maximum atomic E-state index is 5.54. The lowest BCUT2D eigenvalue weighted by atomic mass is 10.0. The van der Waals surface area contributed by atoms with E-state index in [4.69, 9.17) is 4.74 Å². The second-order valence-corrected chi connectivity index (χ2v) is 3.14. The zero-order valence-electron chi connectivity index (χ0n) is 7.16. The van der Waals surface area contributed by atoms with Crippen LogP contribution >= 0.6 is 0 Å². The molecule has 1 heterocycles. The highest BCUT2D eigenvalue weighted by Gasteiger charge is 2.24. The molecule has 2 atom stereocenters. The van der Waals surface area contributed by atoms with Gasteiger partial charge in [-0.3, -0.25) is 5.32 Å². The number of rotatable bonds is 1. The smallest absolute Gasteiger partial charge is 0.0993 e. The van der Waals surface area contributed by atoms with Crippen molar-refractivity contribution in [3.8, 4) is 0 Å². The van der Waals surface area contributed by atoms with Crippen LogP contribution in [0.1, 0.15) is 18.6 Å². The fourth-order valence-corrected chi connectivity index (χ4v) is 1.55. The van der Waals surface area contributed by atoms with Crippen molar-refractivity contribution >= 4 is 0 Å². The van der Waals surface area contributed by atoms with E-state index in [9.17, 15) is 0 Å². The molecule has 0 radical (unpaired) electrons. The van der Waals surface area contributed by atoms with Gasteiger partial charge in [-0.25, -0.2) is 0 Å². The second kappa shape index (κ2) is 3.25. The molecule has 1 N–H and O–H groups in total. The highest BCUT2D eigenvalue weighted by atomic mass is 16.5. The van der Waals surface area contributed by atoms with Crippen molar-refractivity contribution in [2.75, 3.05) is 6.73 Å². The minimum Gasteiger partial charge on any atom is -0.357 e. The van der Waals surface area contributed by atoms with Gasteiger partial charge in [0.05, 0.1) is 12.8 Å². The van der Waals surface area contributed by atoms with Gasteiger partial charge in [-0.2, -0.15) is 0 Å². The molecule has 1 saturated heterocycles. The predicted octanol–water partition coefficient (Wildman–Crippen LogP) is 1.69. The lowest BCUT2D eigenvalue weighted by molar-refractivity contribution is 0.105. The molecule has 2 nitrogen and oxygen atoms in total. The summed E-state index contributed by atoms with van der Waals surface area (Å²) in [4.78, 5) is 0. The normalized spacial score (nSPS) is 29.1. The van der Waals surface area contributed by atoms with Gasteiger partial charge in [0.2, 0.25) is 0 Å². The molecule has 0 bridgehead atoms. The van der Waals surface area contributed by atoms with Gasteiger partial charge < -0.3 is 4.74 Å². The summed E-state index contributed by atoms with van der Waals surface area (Å²) in [6.45, 7) is 2.81. The zero-order chi connectivity index (χ0) is 8.39. The molecule has 1 aromatic carbocycles. The van der Waals surface area contributed by atoms with Crippen molar-refractivity contribution in [1.82, 2.24) is 5.32 Å². The van der Waals surface area contributed by atoms with Crippen molar-refractivity contribution in [2.45, 2.75) is 19.1 Å². The van der Waals surface area contributed by atoms with Crippen LogP contribution in [0.5, 0.6) is 0 Å². The first kappa shape index (κ1) is 7.77. The van der Waals surface area contributed by atoms with E-state index in [1.165, 1.54) is 5.56 Å². The Morgan fingerprint density at radius 1 is 1.33 bits per heavy atom. The fourth-order valence-electron chi connectivity index (χ4n) is 1.55. The molecule has 64 valence electrons. The van der Waals surface area contributed by atoms with E-state index in [1.54, 1.807) is 0 Å². The molecule has 0 aliphatic carbocycles. The Labute approximate surface area is 72.5 Å². The van der Waals surface area contributed by atoms with Gasteiger partial charge in [-0.15, -0.1) is 0 Å². The summed E-state index contributed by atoms with van der Waals surface area (Å²) < 4.78 is 5.54. The van der Waals surface area contributed by atoms with Gasteiger partial charge in [-0.05, 0) is 12.5 Å². The molecule has 0 amide bonds. The third-order valence-corrected chi connectivity index (χ3v) is 2.25. The topological polar surface area (TPSA) is 21.3 Å². The van der Waals surface area contributed by atoms with Crippen molar-refractivity contribution < 1.29 is 4.74 Å². The van der Waals surface area contributed by atoms with Crippen LogP contribution in [0.3, 0.4) is 0 Å². The van der Waals surface area contributed by atoms with E-state index in [2.05, 4.69) is 24.4 Å². The summed E-state index contributed by atoms with van der Waals surface area (Å²) >= 11 is 0. The molecule has 1 aliphatic heterocycles. The predicted molar refractivity (Wildman–Crippen MR) is 47.7 cm³/mol. The van der Waals surface area contributed by atoms with E-state index in [1.807, 2.05) is 18.2 Å². The average molecular weight is 163 g/mol. The van der Waals surface area contributed by atoms with Gasteiger partial charge in [0, 0.05) is 6.04 Å². The van der Waals surface area contributed by atoms with E-state index >= 15 is 0 Å². The van der Waals surface area contributed by atoms with Crippen molar-refractivity contribution in [3.05, 3.63) is 35.9 Å². The Balaban J connectivity index is 2.19. The number of hydrogen-bond donors (Lipinski definition) is 1. The number of hydrogen-bond acceptors (Lipinski definition) is 2. The molecule has 2 unspecified atom stereocenters. The van der Waals surface area contributed by atoms with Gasteiger partial charge in [0.25, 0.3) is 0 Å². The molecule has 1 aliphatic rings. The molecule has 0 spiro atoms. The van der Waals surface area contributed by atoms with Crippen LogP contribution < -0.4 is 5.32 Å². The maximum Gasteiger partial charge on any atom is 0.0993 e. The van der Waals surface area contributed by atoms with Crippen LogP contribution in [-0.4, -0.2) is 12.8 Å². The molecule has 0 aromatic heterocycles. The Morgan fingerprint density at radius 3 is 2.67 bits per heavy atom. The summed E-state index contributed by atoms with van der Waals surface area (Å²) in [7, 11) is 0. The summed E-state index contributed by atoms with van der Waals surface area (Å²) in [5.74, 6) is 0. The van der Waals surface area contributed by atoms with Gasteiger partial charge in [0.15, 0.2) is 0 Å². The molecule has 1 fully saturated rings. The summed E-state index contributed by atoms with van der Waals surface area (Å²) in [6, 6.07) is 10.7. The van der Waals surface area contributed by atoms with E-state index in [0.29, 0.717) is 12.8 Å². The maximum absolute atomic E-state index is 5.54. The van der Waals surface area contributed by atoms with Crippen LogP contribution in [0.2, 0.25) is 0 Å². The molecule has 12 heavy (non-hydrogen) atoms. The number of nitrogens with one attached hydrogen (secondary N) is 1. The van der Waals surface area contributed by atoms with Crippen LogP contribution in [0.4, 0.5) is 0 Å². The molecule has 2 heteroatoms. The van der Waals surface area contributed by atoms with Gasteiger partial charge in [0.1, 0.15) is 0 Å². The largest absolute Gasteiger partial charge is 0.357 e. The Hall–Kier alpha value is -0.860. The van der Waals surface area contributed by atoms with Crippen LogP contribution in [-0.2, 0) is 4.74 Å². The Morgan fingerprint density at radius 2 is 2.08 bits per heavy atom. The SMILES string of the molecule is CC1NCOC1c1ccccc1.